The van der Waals surface area contributed by atoms with Gasteiger partial charge < -0.3 is 14.4 Å². The van der Waals surface area contributed by atoms with E-state index in [2.05, 4.69) is 45.4 Å². The second kappa shape index (κ2) is 11.0. The first-order valence-electron chi connectivity index (χ1n) is 15.5. The fraction of sp³-hybridized carbons (Fsp3) is 0.548. The number of H-pyrrole nitrogens is 1. The van der Waals surface area contributed by atoms with E-state index in [1.54, 1.807) is 17.3 Å². The fourth-order valence-electron chi connectivity index (χ4n) is 6.93. The lowest BCUT2D eigenvalue weighted by atomic mass is 9.79. The molecule has 7 rings (SSSR count). The van der Waals surface area contributed by atoms with Crippen molar-refractivity contribution in [2.45, 2.75) is 77.0 Å². The summed E-state index contributed by atoms with van der Waals surface area (Å²) in [5.74, 6) is 1.03. The summed E-state index contributed by atoms with van der Waals surface area (Å²) in [7, 11) is 0. The third-order valence-electron chi connectivity index (χ3n) is 9.70. The lowest BCUT2D eigenvalue weighted by Gasteiger charge is -2.42. The van der Waals surface area contributed by atoms with Crippen LogP contribution in [0, 0.1) is 11.8 Å². The summed E-state index contributed by atoms with van der Waals surface area (Å²) in [6, 6.07) is 3.61. The van der Waals surface area contributed by atoms with Crippen LogP contribution in [-0.4, -0.2) is 71.8 Å². The number of fused-ring (bicyclic) bond motifs is 1. The smallest absolute Gasteiger partial charge is 0.336 e. The highest BCUT2D eigenvalue weighted by molar-refractivity contribution is 6.30. The number of hydrogen-bond acceptors (Lipinski definition) is 8. The Morgan fingerprint density at radius 1 is 1.14 bits per heavy atom. The van der Waals surface area contributed by atoms with E-state index >= 15 is 0 Å². The predicted molar refractivity (Wildman–Crippen MR) is 164 cm³/mol. The Bertz CT molecular complexity index is 1770. The van der Waals surface area contributed by atoms with E-state index < -0.39 is 17.3 Å². The molecule has 1 saturated heterocycles. The van der Waals surface area contributed by atoms with Gasteiger partial charge in [0.1, 0.15) is 5.69 Å². The first-order chi connectivity index (χ1) is 21.1. The van der Waals surface area contributed by atoms with E-state index in [4.69, 9.17) is 26.1 Å². The summed E-state index contributed by atoms with van der Waals surface area (Å²) in [4.78, 5) is 45.7. The number of aromatic nitrogens is 6. The second-order valence-corrected chi connectivity index (χ2v) is 13.3. The number of amides is 1. The molecule has 2 atom stereocenters. The highest BCUT2D eigenvalue weighted by atomic mass is 35.5. The van der Waals surface area contributed by atoms with Gasteiger partial charge in [-0.3, -0.25) is 19.3 Å². The molecule has 1 N–H and O–H groups in total. The van der Waals surface area contributed by atoms with Gasteiger partial charge in [0.25, 0.3) is 5.91 Å². The summed E-state index contributed by atoms with van der Waals surface area (Å²) in [6.45, 7) is 7.97. The summed E-state index contributed by atoms with van der Waals surface area (Å²) in [5, 5.41) is 4.35. The summed E-state index contributed by atoms with van der Waals surface area (Å²) in [6.07, 6.45) is 8.46. The van der Waals surface area contributed by atoms with Gasteiger partial charge in [-0.2, -0.15) is 0 Å². The number of rotatable bonds is 6. The van der Waals surface area contributed by atoms with Crippen LogP contribution >= 0.6 is 11.6 Å². The minimum Gasteiger partial charge on any atom is -0.336 e. The fourth-order valence-corrected chi connectivity index (χ4v) is 7.10. The van der Waals surface area contributed by atoms with Crippen molar-refractivity contribution in [3.05, 3.63) is 40.1 Å². The van der Waals surface area contributed by atoms with Crippen LogP contribution in [0.2, 0.25) is 5.02 Å². The van der Waals surface area contributed by atoms with Gasteiger partial charge in [-0.15, -0.1) is 0 Å². The number of carbonyl (C=O) groups is 1. The van der Waals surface area contributed by atoms with Gasteiger partial charge in [0.05, 0.1) is 21.7 Å². The van der Waals surface area contributed by atoms with Gasteiger partial charge in [0, 0.05) is 49.7 Å². The molecule has 13 heteroatoms. The van der Waals surface area contributed by atoms with E-state index in [1.165, 1.54) is 12.8 Å². The molecule has 11 nitrogen and oxygen atoms in total. The number of nitrogens with zero attached hydrogens (tertiary/aromatic N) is 7. The van der Waals surface area contributed by atoms with Crippen LogP contribution in [0.4, 0.5) is 10.3 Å². The minimum absolute atomic E-state index is 0.0836. The van der Waals surface area contributed by atoms with Gasteiger partial charge in [-0.1, -0.05) is 36.5 Å². The van der Waals surface area contributed by atoms with Crippen LogP contribution in [0.3, 0.4) is 0 Å². The average Bonchev–Trinajstić information content (AvgIpc) is 3.43. The first-order valence-corrected chi connectivity index (χ1v) is 15.8. The number of aromatic amines is 1. The highest BCUT2D eigenvalue weighted by Crippen LogP contribution is 2.44. The van der Waals surface area contributed by atoms with Crippen molar-refractivity contribution in [1.82, 2.24) is 34.6 Å². The Morgan fingerprint density at radius 2 is 1.91 bits per heavy atom. The number of halogens is 2. The second-order valence-electron chi connectivity index (χ2n) is 12.9. The topological polar surface area (TPSA) is 126 Å². The van der Waals surface area contributed by atoms with Crippen LogP contribution in [0.5, 0.6) is 0 Å². The molecule has 5 heterocycles. The number of alkyl halides is 1. The van der Waals surface area contributed by atoms with Crippen LogP contribution in [-0.2, 0) is 4.79 Å². The molecule has 1 unspecified atom stereocenters. The number of carbonyl (C=O) groups excluding carboxylic acids is 1. The first kappa shape index (κ1) is 28.9. The molecule has 232 valence electrons. The van der Waals surface area contributed by atoms with Crippen LogP contribution < -0.4 is 10.7 Å². The Hall–Kier alpha value is -3.80. The minimum atomic E-state index is -1.69. The highest BCUT2D eigenvalue weighted by Gasteiger charge is 2.53. The molecule has 0 radical (unpaired) electrons. The average molecular weight is 623 g/mol. The monoisotopic (exact) mass is 622 g/mol. The zero-order valence-electron chi connectivity index (χ0n) is 25.1. The number of anilines is 1. The molecule has 4 aromatic heterocycles. The molecule has 2 saturated carbocycles. The Labute approximate surface area is 258 Å². The number of piperazine rings is 1. The molecular formula is C31H36ClFN8O3. The van der Waals surface area contributed by atoms with Crippen molar-refractivity contribution in [2.24, 2.45) is 11.8 Å². The van der Waals surface area contributed by atoms with Gasteiger partial charge in [0.2, 0.25) is 11.8 Å². The van der Waals surface area contributed by atoms with E-state index in [9.17, 15) is 14.0 Å². The van der Waals surface area contributed by atoms with Crippen molar-refractivity contribution in [1.29, 1.82) is 0 Å². The molecule has 1 amide bonds. The number of pyridine rings is 2. The molecule has 1 aliphatic heterocycles. The van der Waals surface area contributed by atoms with Crippen molar-refractivity contribution >= 4 is 34.5 Å². The van der Waals surface area contributed by atoms with Gasteiger partial charge in [-0.25, -0.2) is 19.2 Å². The third-order valence-corrected chi connectivity index (χ3v) is 9.91. The van der Waals surface area contributed by atoms with Crippen LogP contribution in [0.15, 0.2) is 33.8 Å². The predicted octanol–water partition coefficient (Wildman–Crippen LogP) is 5.42. The summed E-state index contributed by atoms with van der Waals surface area (Å²) >= 11 is 6.41. The summed E-state index contributed by atoms with van der Waals surface area (Å²) < 4.78 is 21.8. The Morgan fingerprint density at radius 3 is 2.57 bits per heavy atom. The molecule has 0 spiro atoms. The maximum absolute atomic E-state index is 14.7. The van der Waals surface area contributed by atoms with Crippen molar-refractivity contribution in [2.75, 3.05) is 24.5 Å². The molecule has 4 aromatic rings. The van der Waals surface area contributed by atoms with Crippen molar-refractivity contribution < 1.29 is 13.7 Å². The lowest BCUT2D eigenvalue weighted by Crippen LogP contribution is -2.56. The molecule has 44 heavy (non-hydrogen) atoms. The SMILES string of the molecule is CC([C@H]1CC[C@H](C)CC1)n1c(N2CCN(C(=O)C3(F)CC3)C[C@H]2C)nc2cc(-c3noc(=O)[nH]3)nc(-c3cncc(Cl)c3)c21. The van der Waals surface area contributed by atoms with Crippen LogP contribution in [0.25, 0.3) is 33.8 Å². The van der Waals surface area contributed by atoms with E-state index in [0.717, 1.165) is 24.3 Å². The van der Waals surface area contributed by atoms with E-state index in [0.29, 0.717) is 71.8 Å². The molecular weight excluding hydrogens is 587 g/mol. The van der Waals surface area contributed by atoms with E-state index in [-0.39, 0.29) is 17.9 Å². The van der Waals surface area contributed by atoms with Gasteiger partial charge >= 0.3 is 5.76 Å². The molecule has 3 fully saturated rings. The van der Waals surface area contributed by atoms with E-state index in [1.807, 2.05) is 12.1 Å². The maximum atomic E-state index is 14.7. The van der Waals surface area contributed by atoms with Gasteiger partial charge in [0.15, 0.2) is 5.67 Å². The zero-order chi connectivity index (χ0) is 30.7. The lowest BCUT2D eigenvalue weighted by molar-refractivity contribution is -0.139. The van der Waals surface area contributed by atoms with Crippen molar-refractivity contribution in [3.8, 4) is 22.8 Å². The number of nitrogens with one attached hydrogen (secondary N) is 1. The number of hydrogen-bond donors (Lipinski definition) is 1. The van der Waals surface area contributed by atoms with Crippen molar-refractivity contribution in [3.63, 3.8) is 0 Å². The quantitative estimate of drug-likeness (QED) is 0.302. The molecule has 0 bridgehead atoms. The Kier molecular flexibility index (Phi) is 7.22. The zero-order valence-corrected chi connectivity index (χ0v) is 25.8. The summed E-state index contributed by atoms with van der Waals surface area (Å²) in [5.41, 5.74) is 1.53. The Balaban J connectivity index is 1.39. The third kappa shape index (κ3) is 5.16. The number of imidazole rings is 1. The van der Waals surface area contributed by atoms with Crippen LogP contribution in [0.1, 0.15) is 65.3 Å². The standard InChI is InChI=1S/C31H36ClFN8O3/c1-17-4-6-20(7-5-17)19(3)41-26-23(36-29(41)40-11-10-39(16-18(40)2)28(42)31(33)8-9-31)13-24(27-37-30(43)44-38-27)35-25(26)21-12-22(32)15-34-14-21/h12-15,17-20H,4-11,16H2,1-3H3,(H,37,38,43)/t17-,18-,19?,20-/m1/s1. The molecule has 3 aliphatic rings. The normalized spacial score (nSPS) is 24.1. The van der Waals surface area contributed by atoms with Gasteiger partial charge in [-0.05, 0) is 63.5 Å². The molecule has 0 aromatic carbocycles. The maximum Gasteiger partial charge on any atom is 0.439 e. The largest absolute Gasteiger partial charge is 0.439 e. The molecule has 2 aliphatic carbocycles.